The number of amides is 1. The molecule has 0 aliphatic heterocycles. The van der Waals surface area contributed by atoms with Gasteiger partial charge in [-0.05, 0) is 31.2 Å². The summed E-state index contributed by atoms with van der Waals surface area (Å²) in [6.07, 6.45) is 0. The van der Waals surface area contributed by atoms with Crippen molar-refractivity contribution in [1.29, 1.82) is 0 Å². The summed E-state index contributed by atoms with van der Waals surface area (Å²) >= 11 is 0. The molecule has 0 radical (unpaired) electrons. The largest absolute Gasteiger partial charge is 0.497 e. The van der Waals surface area contributed by atoms with Crippen molar-refractivity contribution in [1.82, 2.24) is 25.6 Å². The fourth-order valence-electron chi connectivity index (χ4n) is 2.15. The van der Waals surface area contributed by atoms with E-state index in [9.17, 15) is 4.79 Å². The first-order valence-electron chi connectivity index (χ1n) is 7.72. The SMILES string of the molecule is COCCNCCNC(=O)c1nnn(-c2ccc(OC)cc2)c1C.Cl. The first-order valence-corrected chi connectivity index (χ1v) is 7.72. The molecule has 2 rings (SSSR count). The maximum absolute atomic E-state index is 12.2. The third-order valence-electron chi connectivity index (χ3n) is 3.50. The highest BCUT2D eigenvalue weighted by Crippen LogP contribution is 2.16. The number of benzene rings is 1. The molecule has 0 fully saturated rings. The average Bonchev–Trinajstić information content (AvgIpc) is 2.99. The molecule has 1 aromatic heterocycles. The van der Waals surface area contributed by atoms with Gasteiger partial charge in [0.1, 0.15) is 5.75 Å². The molecule has 1 amide bonds. The van der Waals surface area contributed by atoms with E-state index in [1.54, 1.807) is 18.9 Å². The highest BCUT2D eigenvalue weighted by Gasteiger charge is 2.16. The normalized spacial score (nSPS) is 10.2. The number of methoxy groups -OCH3 is 2. The molecule has 0 aliphatic carbocycles. The van der Waals surface area contributed by atoms with Crippen LogP contribution in [0.3, 0.4) is 0 Å². The summed E-state index contributed by atoms with van der Waals surface area (Å²) in [6, 6.07) is 7.40. The number of hydrogen-bond donors (Lipinski definition) is 2. The van der Waals surface area contributed by atoms with Gasteiger partial charge in [-0.1, -0.05) is 5.21 Å². The lowest BCUT2D eigenvalue weighted by Gasteiger charge is -2.06. The van der Waals surface area contributed by atoms with E-state index in [1.165, 1.54) is 0 Å². The van der Waals surface area contributed by atoms with E-state index in [2.05, 4.69) is 20.9 Å². The summed E-state index contributed by atoms with van der Waals surface area (Å²) in [6.45, 7) is 4.39. The second-order valence-electron chi connectivity index (χ2n) is 5.13. The quantitative estimate of drug-likeness (QED) is 0.640. The predicted octanol–water partition coefficient (Wildman–Crippen LogP) is 0.972. The van der Waals surface area contributed by atoms with Gasteiger partial charge in [0.15, 0.2) is 5.69 Å². The van der Waals surface area contributed by atoms with Crippen LogP contribution in [-0.2, 0) is 4.74 Å². The second kappa shape index (κ2) is 10.7. The van der Waals surface area contributed by atoms with Crippen molar-refractivity contribution in [3.05, 3.63) is 35.7 Å². The molecular formula is C16H24ClN5O3. The highest BCUT2D eigenvalue weighted by atomic mass is 35.5. The van der Waals surface area contributed by atoms with Gasteiger partial charge >= 0.3 is 0 Å². The Bertz CT molecular complexity index is 660. The molecule has 2 N–H and O–H groups in total. The van der Waals surface area contributed by atoms with Crippen LogP contribution in [0.4, 0.5) is 0 Å². The standard InChI is InChI=1S/C16H23N5O3.ClH/c1-12-15(16(22)18-9-8-17-10-11-23-2)19-20-21(12)13-4-6-14(24-3)7-5-13;/h4-7,17H,8-11H2,1-3H3,(H,18,22);1H. The molecule has 0 saturated carbocycles. The van der Waals surface area contributed by atoms with Crippen LogP contribution in [0.5, 0.6) is 5.75 Å². The van der Waals surface area contributed by atoms with Crippen LogP contribution in [-0.4, -0.2) is 61.4 Å². The van der Waals surface area contributed by atoms with Crippen molar-refractivity contribution < 1.29 is 14.3 Å². The topological polar surface area (TPSA) is 90.3 Å². The lowest BCUT2D eigenvalue weighted by atomic mass is 10.2. The zero-order chi connectivity index (χ0) is 17.4. The molecule has 138 valence electrons. The highest BCUT2D eigenvalue weighted by molar-refractivity contribution is 5.93. The summed E-state index contributed by atoms with van der Waals surface area (Å²) in [5.74, 6) is 0.524. The molecule has 9 heteroatoms. The van der Waals surface area contributed by atoms with Gasteiger partial charge in [0.2, 0.25) is 0 Å². The Hall–Kier alpha value is -2.16. The van der Waals surface area contributed by atoms with Crippen LogP contribution < -0.4 is 15.4 Å². The number of aromatic nitrogens is 3. The number of hydrogen-bond acceptors (Lipinski definition) is 6. The van der Waals surface area contributed by atoms with Crippen molar-refractivity contribution in [3.8, 4) is 11.4 Å². The van der Waals surface area contributed by atoms with Gasteiger partial charge in [0.25, 0.3) is 5.91 Å². The third kappa shape index (κ3) is 5.70. The molecule has 1 aromatic carbocycles. The van der Waals surface area contributed by atoms with Crippen molar-refractivity contribution in [2.45, 2.75) is 6.92 Å². The number of carbonyl (C=O) groups is 1. The van der Waals surface area contributed by atoms with Gasteiger partial charge in [-0.25, -0.2) is 4.68 Å². The number of carbonyl (C=O) groups excluding carboxylic acids is 1. The van der Waals surface area contributed by atoms with Gasteiger partial charge in [-0.15, -0.1) is 17.5 Å². The summed E-state index contributed by atoms with van der Waals surface area (Å²) in [4.78, 5) is 12.2. The van der Waals surface area contributed by atoms with Crippen LogP contribution in [0.15, 0.2) is 24.3 Å². The molecule has 8 nitrogen and oxygen atoms in total. The zero-order valence-corrected chi connectivity index (χ0v) is 15.4. The minimum absolute atomic E-state index is 0. The summed E-state index contributed by atoms with van der Waals surface area (Å²) in [7, 11) is 3.26. The Morgan fingerprint density at radius 2 is 1.88 bits per heavy atom. The molecule has 0 bridgehead atoms. The molecule has 0 atom stereocenters. The molecule has 2 aromatic rings. The van der Waals surface area contributed by atoms with Gasteiger partial charge in [-0.2, -0.15) is 0 Å². The van der Waals surface area contributed by atoms with Crippen molar-refractivity contribution in [3.63, 3.8) is 0 Å². The van der Waals surface area contributed by atoms with Crippen molar-refractivity contribution in [2.75, 3.05) is 40.5 Å². The Morgan fingerprint density at radius 1 is 1.16 bits per heavy atom. The van der Waals surface area contributed by atoms with E-state index >= 15 is 0 Å². The number of nitrogens with one attached hydrogen (secondary N) is 2. The maximum atomic E-state index is 12.2. The molecular weight excluding hydrogens is 346 g/mol. The Balaban J connectivity index is 0.00000312. The number of nitrogens with zero attached hydrogens (tertiary/aromatic N) is 3. The van der Waals surface area contributed by atoms with Crippen LogP contribution in [0.2, 0.25) is 0 Å². The van der Waals surface area contributed by atoms with Crippen LogP contribution in [0.1, 0.15) is 16.2 Å². The first-order chi connectivity index (χ1) is 11.7. The summed E-state index contributed by atoms with van der Waals surface area (Å²) < 4.78 is 11.7. The monoisotopic (exact) mass is 369 g/mol. The Kier molecular flexibility index (Phi) is 8.90. The van der Waals surface area contributed by atoms with Crippen LogP contribution in [0.25, 0.3) is 5.69 Å². The van der Waals surface area contributed by atoms with E-state index < -0.39 is 0 Å². The molecule has 0 unspecified atom stereocenters. The van der Waals surface area contributed by atoms with E-state index in [0.29, 0.717) is 31.1 Å². The summed E-state index contributed by atoms with van der Waals surface area (Å²) in [5, 5.41) is 14.0. The molecule has 0 spiro atoms. The smallest absolute Gasteiger partial charge is 0.273 e. The second-order valence-corrected chi connectivity index (χ2v) is 5.13. The number of ether oxygens (including phenoxy) is 2. The Labute approximate surface area is 153 Å². The molecule has 0 saturated heterocycles. The van der Waals surface area contributed by atoms with E-state index in [0.717, 1.165) is 18.0 Å². The Morgan fingerprint density at radius 3 is 2.52 bits per heavy atom. The van der Waals surface area contributed by atoms with Gasteiger partial charge < -0.3 is 20.1 Å². The lowest BCUT2D eigenvalue weighted by molar-refractivity contribution is 0.0948. The molecule has 1 heterocycles. The van der Waals surface area contributed by atoms with Crippen molar-refractivity contribution >= 4 is 18.3 Å². The fourth-order valence-corrected chi connectivity index (χ4v) is 2.15. The predicted molar refractivity (Wildman–Crippen MR) is 97.0 cm³/mol. The molecule has 0 aliphatic rings. The van der Waals surface area contributed by atoms with E-state index in [4.69, 9.17) is 9.47 Å². The average molecular weight is 370 g/mol. The van der Waals surface area contributed by atoms with E-state index in [-0.39, 0.29) is 18.3 Å². The summed E-state index contributed by atoms with van der Waals surface area (Å²) in [5.41, 5.74) is 1.83. The maximum Gasteiger partial charge on any atom is 0.273 e. The first kappa shape index (κ1) is 20.9. The minimum atomic E-state index is -0.235. The van der Waals surface area contributed by atoms with Gasteiger partial charge in [-0.3, -0.25) is 4.79 Å². The molecule has 25 heavy (non-hydrogen) atoms. The van der Waals surface area contributed by atoms with Gasteiger partial charge in [0.05, 0.1) is 25.1 Å². The van der Waals surface area contributed by atoms with Crippen molar-refractivity contribution in [2.24, 2.45) is 0 Å². The van der Waals surface area contributed by atoms with Crippen LogP contribution in [0, 0.1) is 6.92 Å². The zero-order valence-electron chi connectivity index (χ0n) is 14.6. The number of halogens is 1. The fraction of sp³-hybridized carbons (Fsp3) is 0.438. The third-order valence-corrected chi connectivity index (χ3v) is 3.50. The number of rotatable bonds is 9. The van der Waals surface area contributed by atoms with Gasteiger partial charge in [0, 0.05) is 26.7 Å². The minimum Gasteiger partial charge on any atom is -0.497 e. The van der Waals surface area contributed by atoms with E-state index in [1.807, 2.05) is 31.2 Å². The lowest BCUT2D eigenvalue weighted by Crippen LogP contribution is -2.33. The van der Waals surface area contributed by atoms with Crippen LogP contribution >= 0.6 is 12.4 Å².